The van der Waals surface area contributed by atoms with Crippen LogP contribution in [0.25, 0.3) is 0 Å². The highest BCUT2D eigenvalue weighted by Gasteiger charge is 2.07. The van der Waals surface area contributed by atoms with Crippen LogP contribution >= 0.6 is 11.3 Å². The lowest BCUT2D eigenvalue weighted by Crippen LogP contribution is -2.22. The van der Waals surface area contributed by atoms with Crippen LogP contribution in [-0.4, -0.2) is 21.1 Å². The lowest BCUT2D eigenvalue weighted by molar-refractivity contribution is 0.0951. The molecule has 0 atom stereocenters. The highest BCUT2D eigenvalue weighted by Crippen LogP contribution is 2.11. The molecule has 0 bridgehead atoms. The van der Waals surface area contributed by atoms with Crippen LogP contribution in [0.15, 0.2) is 17.9 Å². The molecule has 0 aliphatic carbocycles. The molecule has 5 nitrogen and oxygen atoms in total. The van der Waals surface area contributed by atoms with Crippen molar-refractivity contribution >= 4 is 17.2 Å². The molecular formula is C9H10N4OS. The summed E-state index contributed by atoms with van der Waals surface area (Å²) in [5, 5.41) is 9.10. The summed E-state index contributed by atoms with van der Waals surface area (Å²) in [4.78, 5) is 16.7. The fraction of sp³-hybridized carbons (Fsp3) is 0.222. The van der Waals surface area contributed by atoms with Crippen LogP contribution in [0.5, 0.6) is 0 Å². The number of carbonyl (C=O) groups excluding carboxylic acids is 1. The van der Waals surface area contributed by atoms with E-state index >= 15 is 0 Å². The van der Waals surface area contributed by atoms with Gasteiger partial charge in [0.1, 0.15) is 0 Å². The predicted octanol–water partition coefficient (Wildman–Crippen LogP) is 1.10. The van der Waals surface area contributed by atoms with Gasteiger partial charge >= 0.3 is 0 Å². The van der Waals surface area contributed by atoms with Crippen LogP contribution in [0.1, 0.15) is 20.9 Å². The number of H-pyrrole nitrogens is 1. The van der Waals surface area contributed by atoms with Gasteiger partial charge in [-0.05, 0) is 6.92 Å². The molecule has 78 valence electrons. The van der Waals surface area contributed by atoms with Gasteiger partial charge in [0.25, 0.3) is 5.91 Å². The maximum atomic E-state index is 11.5. The average Bonchev–Trinajstić information content (AvgIpc) is 2.85. The first-order valence-electron chi connectivity index (χ1n) is 4.43. The fourth-order valence-corrected chi connectivity index (χ4v) is 1.85. The van der Waals surface area contributed by atoms with Crippen LogP contribution in [0.4, 0.5) is 0 Å². The number of aryl methyl sites for hydroxylation is 1. The van der Waals surface area contributed by atoms with E-state index in [1.165, 1.54) is 17.5 Å². The first-order valence-corrected chi connectivity index (χ1v) is 5.31. The highest BCUT2D eigenvalue weighted by atomic mass is 32.1. The minimum Gasteiger partial charge on any atom is -0.347 e. The number of hydrogen-bond acceptors (Lipinski definition) is 4. The average molecular weight is 222 g/mol. The van der Waals surface area contributed by atoms with Crippen molar-refractivity contribution in [2.24, 2.45) is 0 Å². The Morgan fingerprint density at radius 1 is 1.67 bits per heavy atom. The normalized spacial score (nSPS) is 10.2. The Bertz CT molecular complexity index is 448. The number of rotatable bonds is 3. The summed E-state index contributed by atoms with van der Waals surface area (Å²) < 4.78 is 0. The highest BCUT2D eigenvalue weighted by molar-refractivity contribution is 7.09. The molecule has 0 aliphatic heterocycles. The Hall–Kier alpha value is -1.69. The second-order valence-electron chi connectivity index (χ2n) is 3.03. The Morgan fingerprint density at radius 2 is 2.53 bits per heavy atom. The molecule has 1 amide bonds. The van der Waals surface area contributed by atoms with Crippen molar-refractivity contribution in [3.63, 3.8) is 0 Å². The van der Waals surface area contributed by atoms with Gasteiger partial charge in [0.05, 0.1) is 29.5 Å². The predicted molar refractivity (Wildman–Crippen MR) is 56.6 cm³/mol. The quantitative estimate of drug-likeness (QED) is 0.817. The summed E-state index contributed by atoms with van der Waals surface area (Å²) >= 11 is 1.54. The molecule has 2 aromatic rings. The first kappa shape index (κ1) is 9.85. The molecule has 0 fully saturated rings. The standard InChI is InChI=1S/C9H10N4OS/c1-6-8(15-5-11-6)4-10-9(14)7-2-12-13-3-7/h2-3,5H,4H2,1H3,(H,10,14)(H,12,13). The van der Waals surface area contributed by atoms with Gasteiger partial charge in [0.15, 0.2) is 0 Å². The summed E-state index contributed by atoms with van der Waals surface area (Å²) in [7, 11) is 0. The number of carbonyl (C=O) groups is 1. The molecule has 0 aromatic carbocycles. The van der Waals surface area contributed by atoms with Gasteiger partial charge in [-0.3, -0.25) is 9.89 Å². The van der Waals surface area contributed by atoms with Gasteiger partial charge in [0.2, 0.25) is 0 Å². The number of nitrogens with zero attached hydrogens (tertiary/aromatic N) is 2. The minimum atomic E-state index is -0.128. The van der Waals surface area contributed by atoms with Crippen molar-refractivity contribution in [1.29, 1.82) is 0 Å². The molecule has 6 heteroatoms. The smallest absolute Gasteiger partial charge is 0.254 e. The van der Waals surface area contributed by atoms with Gasteiger partial charge in [0, 0.05) is 11.1 Å². The molecule has 0 saturated heterocycles. The lowest BCUT2D eigenvalue weighted by Gasteiger charge is -2.01. The Kier molecular flexibility index (Phi) is 2.77. The van der Waals surface area contributed by atoms with Crippen LogP contribution < -0.4 is 5.32 Å². The zero-order valence-corrected chi connectivity index (χ0v) is 8.97. The third-order valence-corrected chi connectivity index (χ3v) is 2.95. The summed E-state index contributed by atoms with van der Waals surface area (Å²) in [6, 6.07) is 0. The van der Waals surface area contributed by atoms with Gasteiger partial charge in [-0.25, -0.2) is 4.98 Å². The second kappa shape index (κ2) is 4.22. The van der Waals surface area contributed by atoms with Crippen LogP contribution in [-0.2, 0) is 6.54 Å². The molecule has 0 saturated carbocycles. The van der Waals surface area contributed by atoms with Gasteiger partial charge in [-0.1, -0.05) is 0 Å². The van der Waals surface area contributed by atoms with Crippen molar-refractivity contribution in [1.82, 2.24) is 20.5 Å². The molecule has 0 aliphatic rings. The molecular weight excluding hydrogens is 212 g/mol. The van der Waals surface area contributed by atoms with E-state index in [1.54, 1.807) is 11.7 Å². The van der Waals surface area contributed by atoms with Crippen molar-refractivity contribution in [2.45, 2.75) is 13.5 Å². The number of amides is 1. The number of nitrogens with one attached hydrogen (secondary N) is 2. The topological polar surface area (TPSA) is 70.7 Å². The molecule has 15 heavy (non-hydrogen) atoms. The van der Waals surface area contributed by atoms with E-state index in [1.807, 2.05) is 6.92 Å². The van der Waals surface area contributed by atoms with Crippen LogP contribution in [0, 0.1) is 6.92 Å². The van der Waals surface area contributed by atoms with Crippen molar-refractivity contribution in [3.05, 3.63) is 34.0 Å². The zero-order valence-electron chi connectivity index (χ0n) is 8.15. The number of hydrogen-bond donors (Lipinski definition) is 2. The largest absolute Gasteiger partial charge is 0.347 e. The fourth-order valence-electron chi connectivity index (χ4n) is 1.13. The molecule has 2 heterocycles. The molecule has 0 radical (unpaired) electrons. The van der Waals surface area contributed by atoms with Crippen molar-refractivity contribution in [3.8, 4) is 0 Å². The van der Waals surface area contributed by atoms with E-state index in [2.05, 4.69) is 20.5 Å². The molecule has 2 rings (SSSR count). The van der Waals surface area contributed by atoms with E-state index in [-0.39, 0.29) is 5.91 Å². The Labute approximate surface area is 90.6 Å². The van der Waals surface area contributed by atoms with Crippen LogP contribution in [0.2, 0.25) is 0 Å². The SMILES string of the molecule is Cc1ncsc1CNC(=O)c1cn[nH]c1. The summed E-state index contributed by atoms with van der Waals surface area (Å²) in [5.74, 6) is -0.128. The van der Waals surface area contributed by atoms with E-state index < -0.39 is 0 Å². The van der Waals surface area contributed by atoms with Gasteiger partial charge in [-0.15, -0.1) is 11.3 Å². The van der Waals surface area contributed by atoms with E-state index in [4.69, 9.17) is 0 Å². The molecule has 0 unspecified atom stereocenters. The second-order valence-corrected chi connectivity index (χ2v) is 3.97. The van der Waals surface area contributed by atoms with E-state index in [9.17, 15) is 4.79 Å². The number of thiazole rings is 1. The van der Waals surface area contributed by atoms with E-state index in [0.29, 0.717) is 12.1 Å². The summed E-state index contributed by atoms with van der Waals surface area (Å²) in [6.45, 7) is 2.44. The maximum Gasteiger partial charge on any atom is 0.254 e. The third-order valence-electron chi connectivity index (χ3n) is 2.01. The number of aromatic amines is 1. The van der Waals surface area contributed by atoms with Crippen LogP contribution in [0.3, 0.4) is 0 Å². The maximum absolute atomic E-state index is 11.5. The van der Waals surface area contributed by atoms with E-state index in [0.717, 1.165) is 10.6 Å². The molecule has 0 spiro atoms. The van der Waals surface area contributed by atoms with Crippen molar-refractivity contribution in [2.75, 3.05) is 0 Å². The zero-order chi connectivity index (χ0) is 10.7. The summed E-state index contributed by atoms with van der Waals surface area (Å²) in [6.07, 6.45) is 3.06. The monoisotopic (exact) mass is 222 g/mol. The van der Waals surface area contributed by atoms with Crippen molar-refractivity contribution < 1.29 is 4.79 Å². The van der Waals surface area contributed by atoms with Gasteiger partial charge in [-0.2, -0.15) is 5.10 Å². The minimum absolute atomic E-state index is 0.128. The lowest BCUT2D eigenvalue weighted by atomic mass is 10.3. The Balaban J connectivity index is 1.95. The Morgan fingerprint density at radius 3 is 3.13 bits per heavy atom. The molecule has 2 N–H and O–H groups in total. The number of aromatic nitrogens is 3. The molecule has 2 aromatic heterocycles. The third kappa shape index (κ3) is 2.21. The van der Waals surface area contributed by atoms with Gasteiger partial charge < -0.3 is 5.32 Å². The first-order chi connectivity index (χ1) is 7.27. The summed E-state index contributed by atoms with van der Waals surface area (Å²) in [5.41, 5.74) is 3.28.